The van der Waals surface area contributed by atoms with Crippen LogP contribution in [0.25, 0.3) is 0 Å². The number of esters is 1. The largest absolute Gasteiger partial charge is 0.486 e. The molecule has 0 N–H and O–H groups in total. The highest BCUT2D eigenvalue weighted by Gasteiger charge is 2.22. The van der Waals surface area contributed by atoms with Gasteiger partial charge in [-0.25, -0.2) is 4.39 Å². The van der Waals surface area contributed by atoms with Crippen LogP contribution in [0.1, 0.15) is 13.3 Å². The molecule has 0 aromatic heterocycles. The molecule has 0 heterocycles. The quantitative estimate of drug-likeness (QED) is 0.597. The minimum Gasteiger partial charge on any atom is -0.486 e. The molecule has 1 aromatic carbocycles. The van der Waals surface area contributed by atoms with Crippen molar-refractivity contribution in [3.05, 3.63) is 42.2 Å². The Hall–Kier alpha value is -1.84. The fraction of sp³-hybridized carbons (Fsp3) is 0.308. The molecule has 0 saturated carbocycles. The Morgan fingerprint density at radius 3 is 2.53 bits per heavy atom. The first-order chi connectivity index (χ1) is 8.13. The maximum absolute atomic E-state index is 12.7. The van der Waals surface area contributed by atoms with Crippen LogP contribution in [0.4, 0.5) is 4.39 Å². The lowest BCUT2D eigenvalue weighted by molar-refractivity contribution is -0.144. The highest BCUT2D eigenvalue weighted by molar-refractivity contribution is 5.66. The summed E-state index contributed by atoms with van der Waals surface area (Å²) in [5, 5.41) is 0. The highest BCUT2D eigenvalue weighted by atomic mass is 19.1. The van der Waals surface area contributed by atoms with Crippen molar-refractivity contribution in [2.45, 2.75) is 25.6 Å². The minimum absolute atomic E-state index is 0.134. The summed E-state index contributed by atoms with van der Waals surface area (Å²) >= 11 is 0. The van der Waals surface area contributed by atoms with Crippen molar-refractivity contribution in [3.8, 4) is 5.75 Å². The molecule has 0 radical (unpaired) electrons. The molecule has 1 aromatic rings. The lowest BCUT2D eigenvalue weighted by atomic mass is 10.2. The number of ether oxygens (including phenoxy) is 2. The van der Waals surface area contributed by atoms with Crippen LogP contribution < -0.4 is 4.74 Å². The number of carbonyl (C=O) groups excluding carboxylic acids is 1. The Morgan fingerprint density at radius 2 is 1.88 bits per heavy atom. The molecule has 0 spiro atoms. The van der Waals surface area contributed by atoms with Gasteiger partial charge in [-0.2, -0.15) is 0 Å². The molecular weight excluding hydrogens is 223 g/mol. The van der Waals surface area contributed by atoms with Crippen LogP contribution in [0.15, 0.2) is 36.4 Å². The number of benzene rings is 1. The molecule has 17 heavy (non-hydrogen) atoms. The Kier molecular flexibility index (Phi) is 3.42. The van der Waals surface area contributed by atoms with Crippen LogP contribution >= 0.6 is 0 Å². The van der Waals surface area contributed by atoms with E-state index in [9.17, 15) is 9.18 Å². The first-order valence-electron chi connectivity index (χ1n) is 5.41. The van der Waals surface area contributed by atoms with E-state index in [0.717, 1.165) is 0 Å². The first kappa shape index (κ1) is 11.6. The minimum atomic E-state index is -0.304. The van der Waals surface area contributed by atoms with E-state index in [0.29, 0.717) is 12.2 Å². The third-order valence-corrected chi connectivity index (χ3v) is 2.42. The van der Waals surface area contributed by atoms with Gasteiger partial charge in [0.25, 0.3) is 0 Å². The van der Waals surface area contributed by atoms with E-state index in [2.05, 4.69) is 0 Å². The topological polar surface area (TPSA) is 35.5 Å². The highest BCUT2D eigenvalue weighted by Crippen LogP contribution is 2.21. The van der Waals surface area contributed by atoms with E-state index in [-0.39, 0.29) is 24.0 Å². The van der Waals surface area contributed by atoms with Crippen molar-refractivity contribution in [3.63, 3.8) is 0 Å². The average Bonchev–Trinajstić information content (AvgIpc) is 2.68. The van der Waals surface area contributed by atoms with Gasteiger partial charge in [-0.05, 0) is 36.4 Å². The number of rotatable bonds is 3. The Bertz CT molecular complexity index is 425. The first-order valence-corrected chi connectivity index (χ1v) is 5.41. The number of carbonyl (C=O) groups is 1. The zero-order chi connectivity index (χ0) is 12.3. The Labute approximate surface area is 98.8 Å². The van der Waals surface area contributed by atoms with Gasteiger partial charge < -0.3 is 9.47 Å². The van der Waals surface area contributed by atoms with Gasteiger partial charge in [0.05, 0.1) is 0 Å². The third kappa shape index (κ3) is 3.31. The molecule has 0 unspecified atom stereocenters. The van der Waals surface area contributed by atoms with Crippen LogP contribution in [-0.2, 0) is 9.53 Å². The molecule has 1 aliphatic rings. The zero-order valence-electron chi connectivity index (χ0n) is 9.43. The molecule has 0 fully saturated rings. The molecule has 2 rings (SSSR count). The molecule has 0 amide bonds. The summed E-state index contributed by atoms with van der Waals surface area (Å²) in [6, 6.07) is 5.83. The van der Waals surface area contributed by atoms with E-state index in [1.165, 1.54) is 19.1 Å². The van der Waals surface area contributed by atoms with E-state index >= 15 is 0 Å². The predicted octanol–water partition coefficient (Wildman–Crippen LogP) is 2.46. The van der Waals surface area contributed by atoms with Crippen molar-refractivity contribution in [1.29, 1.82) is 0 Å². The monoisotopic (exact) mass is 236 g/mol. The molecule has 0 aliphatic heterocycles. The van der Waals surface area contributed by atoms with Gasteiger partial charge >= 0.3 is 5.97 Å². The summed E-state index contributed by atoms with van der Waals surface area (Å²) in [5.41, 5.74) is 0. The summed E-state index contributed by atoms with van der Waals surface area (Å²) in [4.78, 5) is 10.8. The van der Waals surface area contributed by atoms with Crippen molar-refractivity contribution >= 4 is 5.97 Å². The molecule has 4 heteroatoms. The second-order valence-electron chi connectivity index (χ2n) is 3.88. The standard InChI is InChI=1S/C13H13FO3/c1-9(15)16-12-6-7-13(8-12)17-11-4-2-10(14)3-5-11/h2-7,12-13H,8H2,1H3/t12-,13-/m0/s1. The van der Waals surface area contributed by atoms with Gasteiger partial charge in [0, 0.05) is 13.3 Å². The van der Waals surface area contributed by atoms with Gasteiger partial charge in [-0.15, -0.1) is 0 Å². The molecule has 1 aliphatic carbocycles. The molecule has 90 valence electrons. The summed E-state index contributed by atoms with van der Waals surface area (Å²) in [5.74, 6) is 0.00344. The number of hydrogen-bond acceptors (Lipinski definition) is 3. The van der Waals surface area contributed by atoms with Gasteiger partial charge in [0.2, 0.25) is 0 Å². The maximum atomic E-state index is 12.7. The molecule has 3 nitrogen and oxygen atoms in total. The van der Waals surface area contributed by atoms with Gasteiger partial charge in [0.1, 0.15) is 23.8 Å². The van der Waals surface area contributed by atoms with E-state index < -0.39 is 0 Å². The van der Waals surface area contributed by atoms with Crippen LogP contribution in [-0.4, -0.2) is 18.2 Å². The van der Waals surface area contributed by atoms with E-state index in [1.807, 2.05) is 6.08 Å². The van der Waals surface area contributed by atoms with Crippen LogP contribution in [0, 0.1) is 5.82 Å². The Morgan fingerprint density at radius 1 is 1.24 bits per heavy atom. The number of hydrogen-bond donors (Lipinski definition) is 0. The fourth-order valence-electron chi connectivity index (χ4n) is 1.71. The summed E-state index contributed by atoms with van der Waals surface area (Å²) in [6.07, 6.45) is 3.88. The molecule has 0 bridgehead atoms. The second kappa shape index (κ2) is 4.99. The lowest BCUT2D eigenvalue weighted by Gasteiger charge is -2.14. The van der Waals surface area contributed by atoms with Crippen molar-refractivity contribution in [2.75, 3.05) is 0 Å². The predicted molar refractivity (Wildman–Crippen MR) is 60.1 cm³/mol. The maximum Gasteiger partial charge on any atom is 0.303 e. The fourth-order valence-corrected chi connectivity index (χ4v) is 1.71. The van der Waals surface area contributed by atoms with Crippen molar-refractivity contribution in [1.82, 2.24) is 0 Å². The van der Waals surface area contributed by atoms with Crippen LogP contribution in [0.2, 0.25) is 0 Å². The average molecular weight is 236 g/mol. The van der Waals surface area contributed by atoms with Gasteiger partial charge in [-0.3, -0.25) is 4.79 Å². The van der Waals surface area contributed by atoms with Crippen LogP contribution in [0.3, 0.4) is 0 Å². The van der Waals surface area contributed by atoms with Gasteiger partial charge in [-0.1, -0.05) is 0 Å². The van der Waals surface area contributed by atoms with Crippen molar-refractivity contribution < 1.29 is 18.7 Å². The van der Waals surface area contributed by atoms with Gasteiger partial charge in [0.15, 0.2) is 0 Å². The Balaban J connectivity index is 1.88. The molecule has 2 atom stereocenters. The van der Waals surface area contributed by atoms with E-state index in [4.69, 9.17) is 9.47 Å². The SMILES string of the molecule is CC(=O)O[C@H]1C=C[C@H](Oc2ccc(F)cc2)C1. The second-order valence-corrected chi connectivity index (χ2v) is 3.88. The summed E-state index contributed by atoms with van der Waals surface area (Å²) < 4.78 is 23.3. The van der Waals surface area contributed by atoms with E-state index in [1.54, 1.807) is 18.2 Å². The summed E-state index contributed by atoms with van der Waals surface area (Å²) in [6.45, 7) is 1.38. The third-order valence-electron chi connectivity index (χ3n) is 2.42. The molecule has 0 saturated heterocycles. The summed E-state index contributed by atoms with van der Waals surface area (Å²) in [7, 11) is 0. The molecular formula is C13H13FO3. The number of halogens is 1. The lowest BCUT2D eigenvalue weighted by Crippen LogP contribution is -2.18. The normalized spacial score (nSPS) is 22.5. The van der Waals surface area contributed by atoms with Crippen LogP contribution in [0.5, 0.6) is 5.75 Å². The van der Waals surface area contributed by atoms with Crippen molar-refractivity contribution in [2.24, 2.45) is 0 Å². The zero-order valence-corrected chi connectivity index (χ0v) is 9.43. The smallest absolute Gasteiger partial charge is 0.303 e.